The van der Waals surface area contributed by atoms with E-state index in [1.165, 1.54) is 37.7 Å². The van der Waals surface area contributed by atoms with Crippen molar-refractivity contribution in [3.63, 3.8) is 0 Å². The van der Waals surface area contributed by atoms with Crippen LogP contribution < -0.4 is 0 Å². The van der Waals surface area contributed by atoms with Crippen molar-refractivity contribution in [2.45, 2.75) is 129 Å². The van der Waals surface area contributed by atoms with E-state index in [2.05, 4.69) is 47.6 Å². The van der Waals surface area contributed by atoms with E-state index >= 15 is 0 Å². The number of epoxide rings is 1. The lowest BCUT2D eigenvalue weighted by atomic mass is 9.45. The van der Waals surface area contributed by atoms with Crippen molar-refractivity contribution in [1.29, 1.82) is 0 Å². The molecular formula is C29H48O3. The highest BCUT2D eigenvalue weighted by Gasteiger charge is 2.78. The zero-order valence-corrected chi connectivity index (χ0v) is 21.5. The van der Waals surface area contributed by atoms with Crippen molar-refractivity contribution in [1.82, 2.24) is 0 Å². The fourth-order valence-corrected chi connectivity index (χ4v) is 9.52. The lowest BCUT2D eigenvalue weighted by molar-refractivity contribution is -0.157. The zero-order chi connectivity index (χ0) is 23.1. The summed E-state index contributed by atoms with van der Waals surface area (Å²) in [6.45, 7) is 14.5. The molecule has 5 rings (SSSR count). The van der Waals surface area contributed by atoms with E-state index in [-0.39, 0.29) is 23.2 Å². The Labute approximate surface area is 196 Å². The highest BCUT2D eigenvalue weighted by atomic mass is 16.6. The summed E-state index contributed by atoms with van der Waals surface area (Å²) < 4.78 is 6.36. The van der Waals surface area contributed by atoms with Gasteiger partial charge in [0.05, 0.1) is 11.7 Å². The van der Waals surface area contributed by atoms with Crippen LogP contribution in [0, 0.1) is 40.4 Å². The molecule has 5 aliphatic rings. The van der Waals surface area contributed by atoms with Gasteiger partial charge in [-0.25, -0.2) is 0 Å². The smallest absolute Gasteiger partial charge is 0.110 e. The first-order chi connectivity index (χ1) is 15.0. The normalized spacial score (nSPS) is 51.2. The largest absolute Gasteiger partial charge is 0.393 e. The first-order valence-corrected chi connectivity index (χ1v) is 13.8. The van der Waals surface area contributed by atoms with Crippen molar-refractivity contribution in [3.8, 4) is 0 Å². The average molecular weight is 445 g/mol. The van der Waals surface area contributed by atoms with E-state index in [9.17, 15) is 10.2 Å². The van der Waals surface area contributed by atoms with E-state index in [4.69, 9.17) is 4.74 Å². The Morgan fingerprint density at radius 2 is 1.81 bits per heavy atom. The summed E-state index contributed by atoms with van der Waals surface area (Å²) in [6, 6.07) is 0. The van der Waals surface area contributed by atoms with Gasteiger partial charge in [0.1, 0.15) is 11.7 Å². The summed E-state index contributed by atoms with van der Waals surface area (Å²) in [4.78, 5) is 0. The Morgan fingerprint density at radius 1 is 1.06 bits per heavy atom. The number of ether oxygens (including phenoxy) is 1. The number of aliphatic hydroxyl groups is 2. The van der Waals surface area contributed by atoms with E-state index in [1.807, 2.05) is 0 Å². The first-order valence-electron chi connectivity index (χ1n) is 13.8. The van der Waals surface area contributed by atoms with Crippen LogP contribution in [-0.4, -0.2) is 33.6 Å². The van der Waals surface area contributed by atoms with Crippen molar-refractivity contribution in [3.05, 3.63) is 11.6 Å². The van der Waals surface area contributed by atoms with Gasteiger partial charge in [0.25, 0.3) is 0 Å². The second-order valence-corrected chi connectivity index (χ2v) is 13.3. The van der Waals surface area contributed by atoms with Crippen LogP contribution in [0.4, 0.5) is 0 Å². The summed E-state index contributed by atoms with van der Waals surface area (Å²) in [7, 11) is 0. The summed E-state index contributed by atoms with van der Waals surface area (Å²) in [5.74, 6) is 3.64. The standard InChI is InChI=1S/C29H48O3/c1-7-20(18(2)3)9-8-19(4)22-10-11-23-24-16-25-29(32-25)17-21(30)12-13-27(29,6)28(24,31)15-14-26(22,23)5/h16,18-23,25,30-31H,7-15,17H2,1-6H3/t19-,20-,21+,22-,23+,25+,26-,27-,28-,29+/m1/s1. The monoisotopic (exact) mass is 444 g/mol. The molecular weight excluding hydrogens is 396 g/mol. The molecule has 3 nitrogen and oxygen atoms in total. The van der Waals surface area contributed by atoms with Gasteiger partial charge in [-0.05, 0) is 85.5 Å². The Balaban J connectivity index is 1.39. The molecule has 0 amide bonds. The first kappa shape index (κ1) is 23.4. The molecule has 3 saturated carbocycles. The average Bonchev–Trinajstić information content (AvgIpc) is 3.31. The van der Waals surface area contributed by atoms with Crippen LogP contribution in [0.25, 0.3) is 0 Å². The van der Waals surface area contributed by atoms with Gasteiger partial charge in [0.2, 0.25) is 0 Å². The Hall–Kier alpha value is -0.380. The van der Waals surface area contributed by atoms with Crippen LogP contribution in [0.1, 0.15) is 106 Å². The molecule has 182 valence electrons. The fourth-order valence-electron chi connectivity index (χ4n) is 9.52. The molecule has 3 heteroatoms. The molecule has 0 unspecified atom stereocenters. The third-order valence-electron chi connectivity index (χ3n) is 11.9. The summed E-state index contributed by atoms with van der Waals surface area (Å²) in [6.07, 6.45) is 13.0. The van der Waals surface area contributed by atoms with Crippen LogP contribution in [0.2, 0.25) is 0 Å². The molecule has 32 heavy (non-hydrogen) atoms. The molecule has 0 aromatic heterocycles. The van der Waals surface area contributed by atoms with E-state index < -0.39 is 5.60 Å². The molecule has 1 aliphatic heterocycles. The molecule has 2 N–H and O–H groups in total. The topological polar surface area (TPSA) is 53.0 Å². The lowest BCUT2D eigenvalue weighted by Crippen LogP contribution is -2.65. The summed E-state index contributed by atoms with van der Waals surface area (Å²) >= 11 is 0. The zero-order valence-electron chi connectivity index (χ0n) is 21.5. The van der Waals surface area contributed by atoms with Crippen molar-refractivity contribution in [2.75, 3.05) is 0 Å². The van der Waals surface area contributed by atoms with Crippen LogP contribution in [-0.2, 0) is 4.74 Å². The lowest BCUT2D eigenvalue weighted by Gasteiger charge is -2.60. The second kappa shape index (κ2) is 7.56. The quantitative estimate of drug-likeness (QED) is 0.375. The minimum Gasteiger partial charge on any atom is -0.393 e. The van der Waals surface area contributed by atoms with Gasteiger partial charge in [-0.3, -0.25) is 0 Å². The fraction of sp³-hybridized carbons (Fsp3) is 0.931. The van der Waals surface area contributed by atoms with Gasteiger partial charge in [-0.1, -0.05) is 60.5 Å². The number of aliphatic hydroxyl groups excluding tert-OH is 1. The van der Waals surface area contributed by atoms with Crippen LogP contribution in [0.3, 0.4) is 0 Å². The third kappa shape index (κ3) is 2.95. The Morgan fingerprint density at radius 3 is 2.50 bits per heavy atom. The van der Waals surface area contributed by atoms with Gasteiger partial charge in [-0.15, -0.1) is 0 Å². The number of fused-ring (bicyclic) bond motifs is 4. The predicted octanol–water partition coefficient (Wildman–Crippen LogP) is 6.27. The molecule has 4 aliphatic carbocycles. The number of rotatable bonds is 6. The molecule has 1 saturated heterocycles. The maximum absolute atomic E-state index is 12.3. The minimum absolute atomic E-state index is 0.105. The molecule has 1 heterocycles. The number of hydrogen-bond donors (Lipinski definition) is 2. The van der Waals surface area contributed by atoms with E-state index in [0.717, 1.165) is 49.4 Å². The Bertz CT molecular complexity index is 774. The van der Waals surface area contributed by atoms with Gasteiger partial charge in [0.15, 0.2) is 0 Å². The molecule has 0 aromatic carbocycles. The van der Waals surface area contributed by atoms with Gasteiger partial charge in [0, 0.05) is 11.8 Å². The van der Waals surface area contributed by atoms with Crippen molar-refractivity contribution >= 4 is 0 Å². The van der Waals surface area contributed by atoms with Crippen molar-refractivity contribution in [2.24, 2.45) is 40.4 Å². The molecule has 10 atom stereocenters. The van der Waals surface area contributed by atoms with Gasteiger partial charge in [-0.2, -0.15) is 0 Å². The van der Waals surface area contributed by atoms with Gasteiger partial charge >= 0.3 is 0 Å². The molecule has 4 fully saturated rings. The highest BCUT2D eigenvalue weighted by Crippen LogP contribution is 2.73. The van der Waals surface area contributed by atoms with E-state index in [1.54, 1.807) is 0 Å². The maximum atomic E-state index is 12.3. The SMILES string of the molecule is CC[C@H](CC[C@@H](C)[C@H]1CC[C@H]2C3=C[C@@H]4O[C@@]45C[C@@H](O)CC[C@]5(C)[C@@]3(O)CC[C@]12C)C(C)C. The minimum atomic E-state index is -0.757. The summed E-state index contributed by atoms with van der Waals surface area (Å²) in [5.41, 5.74) is 0.286. The second-order valence-electron chi connectivity index (χ2n) is 13.3. The molecule has 0 bridgehead atoms. The van der Waals surface area contributed by atoms with Crippen LogP contribution in [0.15, 0.2) is 11.6 Å². The van der Waals surface area contributed by atoms with Crippen molar-refractivity contribution < 1.29 is 14.9 Å². The van der Waals surface area contributed by atoms with Crippen LogP contribution in [0.5, 0.6) is 0 Å². The number of hydrogen-bond acceptors (Lipinski definition) is 3. The molecule has 1 spiro atoms. The molecule has 0 radical (unpaired) electrons. The predicted molar refractivity (Wildman–Crippen MR) is 129 cm³/mol. The summed E-state index contributed by atoms with van der Waals surface area (Å²) in [5, 5.41) is 22.7. The maximum Gasteiger partial charge on any atom is 0.110 e. The highest BCUT2D eigenvalue weighted by molar-refractivity contribution is 5.44. The third-order valence-corrected chi connectivity index (χ3v) is 11.9. The van der Waals surface area contributed by atoms with E-state index in [0.29, 0.717) is 17.8 Å². The Kier molecular flexibility index (Phi) is 5.52. The van der Waals surface area contributed by atoms with Crippen LogP contribution >= 0.6 is 0 Å². The molecule has 0 aromatic rings. The van der Waals surface area contributed by atoms with Gasteiger partial charge < -0.3 is 14.9 Å².